The van der Waals surface area contributed by atoms with Gasteiger partial charge < -0.3 is 15.0 Å². The van der Waals surface area contributed by atoms with Gasteiger partial charge in [0.25, 0.3) is 5.91 Å². The predicted molar refractivity (Wildman–Crippen MR) is 101 cm³/mol. The van der Waals surface area contributed by atoms with Gasteiger partial charge in [-0.05, 0) is 43.8 Å². The van der Waals surface area contributed by atoms with Crippen molar-refractivity contribution in [2.24, 2.45) is 5.92 Å². The molecule has 26 heavy (non-hydrogen) atoms. The fraction of sp³-hybridized carbons (Fsp3) is 0.350. The van der Waals surface area contributed by atoms with Crippen LogP contribution in [0, 0.1) is 11.7 Å². The first-order chi connectivity index (χ1) is 12.4. The summed E-state index contributed by atoms with van der Waals surface area (Å²) >= 11 is 5.95. The number of carbonyl (C=O) groups excluding carboxylic acids is 1. The van der Waals surface area contributed by atoms with Crippen LogP contribution in [0.5, 0.6) is 5.75 Å². The highest BCUT2D eigenvalue weighted by Gasteiger charge is 2.25. The largest absolute Gasteiger partial charge is 0.490 e. The molecule has 138 valence electrons. The molecule has 0 aliphatic carbocycles. The van der Waals surface area contributed by atoms with Crippen molar-refractivity contribution in [3.8, 4) is 5.75 Å². The molecule has 0 bridgehead atoms. The number of piperidine rings is 1. The van der Waals surface area contributed by atoms with Gasteiger partial charge >= 0.3 is 0 Å². The molecule has 1 aliphatic rings. The highest BCUT2D eigenvalue weighted by atomic mass is 35.5. The van der Waals surface area contributed by atoms with E-state index in [-0.39, 0.29) is 22.6 Å². The topological polar surface area (TPSA) is 41.6 Å². The van der Waals surface area contributed by atoms with E-state index in [0.717, 1.165) is 31.3 Å². The normalized spacial score (nSPS) is 20.6. The van der Waals surface area contributed by atoms with Crippen LogP contribution in [0.4, 0.5) is 10.1 Å². The van der Waals surface area contributed by atoms with Gasteiger partial charge in [-0.2, -0.15) is 0 Å². The van der Waals surface area contributed by atoms with Gasteiger partial charge in [0.05, 0.1) is 10.6 Å². The van der Waals surface area contributed by atoms with Gasteiger partial charge in [-0.3, -0.25) is 4.79 Å². The van der Waals surface area contributed by atoms with Crippen LogP contribution < -0.4 is 10.1 Å². The highest BCUT2D eigenvalue weighted by molar-refractivity contribution is 6.34. The van der Waals surface area contributed by atoms with Crippen LogP contribution in [0.1, 0.15) is 23.7 Å². The molecule has 6 heteroatoms. The van der Waals surface area contributed by atoms with Crippen molar-refractivity contribution in [1.82, 2.24) is 4.90 Å². The molecule has 1 saturated heterocycles. The zero-order valence-electron chi connectivity index (χ0n) is 14.8. The van der Waals surface area contributed by atoms with Crippen LogP contribution in [-0.2, 0) is 0 Å². The molecule has 0 spiro atoms. The summed E-state index contributed by atoms with van der Waals surface area (Å²) in [5.74, 6) is 0.286. The lowest BCUT2D eigenvalue weighted by molar-refractivity contribution is 0.0640. The van der Waals surface area contributed by atoms with Gasteiger partial charge in [0.2, 0.25) is 0 Å². The summed E-state index contributed by atoms with van der Waals surface area (Å²) in [6, 6.07) is 11.0. The Bertz CT molecular complexity index is 799. The van der Waals surface area contributed by atoms with E-state index in [2.05, 4.69) is 24.2 Å². The molecule has 1 N–H and O–H groups in total. The van der Waals surface area contributed by atoms with Gasteiger partial charge in [-0.1, -0.05) is 24.6 Å². The van der Waals surface area contributed by atoms with Crippen molar-refractivity contribution < 1.29 is 13.9 Å². The lowest BCUT2D eigenvalue weighted by Crippen LogP contribution is -2.42. The third kappa shape index (κ3) is 4.54. The maximum absolute atomic E-state index is 13.1. The van der Waals surface area contributed by atoms with E-state index in [1.807, 2.05) is 12.1 Å². The number of nitrogens with zero attached hydrogens (tertiary/aromatic N) is 1. The second-order valence-corrected chi connectivity index (χ2v) is 7.20. The van der Waals surface area contributed by atoms with E-state index in [1.165, 1.54) is 12.1 Å². The van der Waals surface area contributed by atoms with Crippen molar-refractivity contribution in [2.45, 2.75) is 19.4 Å². The summed E-state index contributed by atoms with van der Waals surface area (Å²) in [6.45, 7) is 4.20. The summed E-state index contributed by atoms with van der Waals surface area (Å²) in [5, 5.41) is 2.86. The number of carbonyl (C=O) groups is 1. The first-order valence-electron chi connectivity index (χ1n) is 8.64. The lowest BCUT2D eigenvalue weighted by Gasteiger charge is -2.34. The Morgan fingerprint density at radius 2 is 2.12 bits per heavy atom. The SMILES string of the molecule is C[C@@H]1CN(C)CCC1Oc1cccc(NC(=O)c2ccc(F)cc2Cl)c1. The molecular formula is C20H22ClFN2O2. The Morgan fingerprint density at radius 3 is 2.85 bits per heavy atom. The smallest absolute Gasteiger partial charge is 0.257 e. The van der Waals surface area contributed by atoms with Crippen LogP contribution in [0.2, 0.25) is 5.02 Å². The summed E-state index contributed by atoms with van der Waals surface area (Å²) < 4.78 is 19.3. The molecule has 4 nitrogen and oxygen atoms in total. The van der Waals surface area contributed by atoms with E-state index in [1.54, 1.807) is 12.1 Å². The van der Waals surface area contributed by atoms with Crippen LogP contribution in [0.3, 0.4) is 0 Å². The fourth-order valence-corrected chi connectivity index (χ4v) is 3.45. The number of hydrogen-bond acceptors (Lipinski definition) is 3. The molecular weight excluding hydrogens is 355 g/mol. The Kier molecular flexibility index (Phi) is 5.79. The average molecular weight is 377 g/mol. The Morgan fingerprint density at radius 1 is 1.31 bits per heavy atom. The Labute approximate surface area is 157 Å². The Hall–Kier alpha value is -2.11. The predicted octanol–water partition coefficient (Wildman–Crippen LogP) is 4.45. The summed E-state index contributed by atoms with van der Waals surface area (Å²) in [4.78, 5) is 14.7. The van der Waals surface area contributed by atoms with Crippen molar-refractivity contribution in [3.05, 3.63) is 58.9 Å². The summed E-state index contributed by atoms with van der Waals surface area (Å²) in [6.07, 6.45) is 1.13. The molecule has 2 aromatic rings. The number of amides is 1. The van der Waals surface area contributed by atoms with Crippen LogP contribution >= 0.6 is 11.6 Å². The van der Waals surface area contributed by atoms with E-state index >= 15 is 0 Å². The zero-order valence-corrected chi connectivity index (χ0v) is 15.6. The minimum atomic E-state index is -0.478. The van der Waals surface area contributed by atoms with Gasteiger partial charge in [0.1, 0.15) is 17.7 Å². The van der Waals surface area contributed by atoms with Crippen LogP contribution in [0.15, 0.2) is 42.5 Å². The Balaban J connectivity index is 1.68. The van der Waals surface area contributed by atoms with Gasteiger partial charge in [-0.15, -0.1) is 0 Å². The molecule has 0 aromatic heterocycles. The number of anilines is 1. The number of halogens is 2. The van der Waals surface area contributed by atoms with Crippen LogP contribution in [0.25, 0.3) is 0 Å². The molecule has 3 rings (SSSR count). The van der Waals surface area contributed by atoms with Crippen molar-refractivity contribution in [2.75, 3.05) is 25.5 Å². The second-order valence-electron chi connectivity index (χ2n) is 6.79. The van der Waals surface area contributed by atoms with E-state index in [4.69, 9.17) is 16.3 Å². The molecule has 1 fully saturated rings. The molecule has 1 amide bonds. The number of hydrogen-bond donors (Lipinski definition) is 1. The number of ether oxygens (including phenoxy) is 1. The zero-order chi connectivity index (χ0) is 18.7. The molecule has 0 saturated carbocycles. The molecule has 2 atom stereocenters. The second kappa shape index (κ2) is 8.06. The quantitative estimate of drug-likeness (QED) is 0.857. The number of nitrogens with one attached hydrogen (secondary N) is 1. The molecule has 1 heterocycles. The number of rotatable bonds is 4. The molecule has 1 unspecified atom stereocenters. The lowest BCUT2D eigenvalue weighted by atomic mass is 9.97. The number of likely N-dealkylation sites (tertiary alicyclic amines) is 1. The third-order valence-corrected chi connectivity index (χ3v) is 4.90. The molecule has 2 aromatic carbocycles. The van der Waals surface area contributed by atoms with Gasteiger partial charge in [-0.25, -0.2) is 4.39 Å². The third-order valence-electron chi connectivity index (χ3n) is 4.58. The van der Waals surface area contributed by atoms with Crippen molar-refractivity contribution >= 4 is 23.2 Å². The summed E-state index contributed by atoms with van der Waals surface area (Å²) in [5.41, 5.74) is 0.830. The van der Waals surface area contributed by atoms with E-state index in [9.17, 15) is 9.18 Å². The number of benzene rings is 2. The first kappa shape index (κ1) is 18.7. The van der Waals surface area contributed by atoms with Gasteiger partial charge in [0, 0.05) is 30.8 Å². The standard InChI is InChI=1S/C20H22ClFN2O2/c1-13-12-24(2)9-8-19(13)26-16-5-3-4-15(11-16)23-20(25)17-7-6-14(22)10-18(17)21/h3-7,10-11,13,19H,8-9,12H2,1-2H3,(H,23,25)/t13-,19?/m1/s1. The molecule has 1 aliphatic heterocycles. The minimum Gasteiger partial charge on any atom is -0.490 e. The first-order valence-corrected chi connectivity index (χ1v) is 9.02. The maximum Gasteiger partial charge on any atom is 0.257 e. The summed E-state index contributed by atoms with van der Waals surface area (Å²) in [7, 11) is 2.11. The fourth-order valence-electron chi connectivity index (χ4n) is 3.20. The maximum atomic E-state index is 13.1. The molecule has 0 radical (unpaired) electrons. The average Bonchev–Trinajstić information content (AvgIpc) is 2.57. The van der Waals surface area contributed by atoms with Crippen LogP contribution in [-0.4, -0.2) is 37.0 Å². The minimum absolute atomic E-state index is 0.0788. The van der Waals surface area contributed by atoms with Crippen molar-refractivity contribution in [3.63, 3.8) is 0 Å². The monoisotopic (exact) mass is 376 g/mol. The highest BCUT2D eigenvalue weighted by Crippen LogP contribution is 2.25. The van der Waals surface area contributed by atoms with Crippen molar-refractivity contribution in [1.29, 1.82) is 0 Å². The van der Waals surface area contributed by atoms with E-state index in [0.29, 0.717) is 11.6 Å². The van der Waals surface area contributed by atoms with Gasteiger partial charge in [0.15, 0.2) is 0 Å². The van der Waals surface area contributed by atoms with E-state index < -0.39 is 5.82 Å².